The van der Waals surface area contributed by atoms with Crippen molar-refractivity contribution < 1.29 is 14.5 Å². The lowest BCUT2D eigenvalue weighted by molar-refractivity contribution is -0.384. The summed E-state index contributed by atoms with van der Waals surface area (Å²) in [4.78, 5) is 22.0. The SMILES string of the molecule is Cc1cc(NC(=O)COc2cccc([N+](=O)[O-])c2)ccc1Br. The fraction of sp³-hybridized carbons (Fsp3) is 0.133. The number of halogens is 1. The lowest BCUT2D eigenvalue weighted by Crippen LogP contribution is -2.20. The molecule has 2 aromatic carbocycles. The van der Waals surface area contributed by atoms with Gasteiger partial charge in [0, 0.05) is 16.2 Å². The highest BCUT2D eigenvalue weighted by atomic mass is 79.9. The first-order valence-corrected chi connectivity index (χ1v) is 7.18. The molecule has 1 amide bonds. The highest BCUT2D eigenvalue weighted by Gasteiger charge is 2.08. The molecule has 0 spiro atoms. The predicted molar refractivity (Wildman–Crippen MR) is 86.1 cm³/mol. The van der Waals surface area contributed by atoms with Crippen LogP contribution in [0, 0.1) is 17.0 Å². The second kappa shape index (κ2) is 7.04. The lowest BCUT2D eigenvalue weighted by Gasteiger charge is -2.08. The van der Waals surface area contributed by atoms with E-state index in [4.69, 9.17) is 4.74 Å². The molecule has 0 heterocycles. The zero-order valence-corrected chi connectivity index (χ0v) is 13.3. The molecule has 0 saturated heterocycles. The molecule has 7 heteroatoms. The summed E-state index contributed by atoms with van der Waals surface area (Å²) < 4.78 is 6.22. The van der Waals surface area contributed by atoms with Gasteiger partial charge in [0.05, 0.1) is 11.0 Å². The van der Waals surface area contributed by atoms with E-state index in [2.05, 4.69) is 21.2 Å². The number of carbonyl (C=O) groups is 1. The highest BCUT2D eigenvalue weighted by Crippen LogP contribution is 2.21. The number of benzene rings is 2. The Hall–Kier alpha value is -2.41. The number of nitro groups is 1. The predicted octanol–water partition coefficient (Wildman–Crippen LogP) is 3.68. The minimum atomic E-state index is -0.516. The Balaban J connectivity index is 1.94. The van der Waals surface area contributed by atoms with Crippen LogP contribution in [0.3, 0.4) is 0 Å². The van der Waals surface area contributed by atoms with E-state index in [1.54, 1.807) is 12.1 Å². The maximum absolute atomic E-state index is 11.8. The van der Waals surface area contributed by atoms with Crippen LogP contribution in [0.5, 0.6) is 5.75 Å². The standard InChI is InChI=1S/C15H13BrN2O4/c1-10-7-11(5-6-14(10)16)17-15(19)9-22-13-4-2-3-12(8-13)18(20)21/h2-8H,9H2,1H3,(H,17,19). The highest BCUT2D eigenvalue weighted by molar-refractivity contribution is 9.10. The van der Waals surface area contributed by atoms with Crippen LogP contribution in [0.15, 0.2) is 46.9 Å². The second-order valence-corrected chi connectivity index (χ2v) is 5.41. The summed E-state index contributed by atoms with van der Waals surface area (Å²) in [6, 6.07) is 11.1. The van der Waals surface area contributed by atoms with E-state index in [1.165, 1.54) is 18.2 Å². The molecule has 0 fully saturated rings. The summed E-state index contributed by atoms with van der Waals surface area (Å²) in [5, 5.41) is 13.4. The van der Waals surface area contributed by atoms with E-state index in [0.717, 1.165) is 10.0 Å². The largest absolute Gasteiger partial charge is 0.484 e. The van der Waals surface area contributed by atoms with E-state index in [1.807, 2.05) is 19.1 Å². The third-order valence-electron chi connectivity index (χ3n) is 2.84. The molecule has 0 aliphatic carbocycles. The fourth-order valence-corrected chi connectivity index (χ4v) is 2.00. The van der Waals surface area contributed by atoms with Crippen molar-refractivity contribution in [2.75, 3.05) is 11.9 Å². The average molecular weight is 365 g/mol. The molecule has 22 heavy (non-hydrogen) atoms. The number of anilines is 1. The Morgan fingerprint density at radius 1 is 1.32 bits per heavy atom. The molecule has 2 rings (SSSR count). The summed E-state index contributed by atoms with van der Waals surface area (Å²) in [6.07, 6.45) is 0. The van der Waals surface area contributed by atoms with Crippen molar-refractivity contribution in [3.05, 3.63) is 62.6 Å². The van der Waals surface area contributed by atoms with Gasteiger partial charge in [-0.25, -0.2) is 0 Å². The molecule has 0 bridgehead atoms. The van der Waals surface area contributed by atoms with Crippen LogP contribution in [0.4, 0.5) is 11.4 Å². The zero-order chi connectivity index (χ0) is 16.1. The third kappa shape index (κ3) is 4.29. The number of nitro benzene ring substituents is 1. The normalized spacial score (nSPS) is 10.1. The molecule has 114 valence electrons. The number of carbonyl (C=O) groups excluding carboxylic acids is 1. The molecular formula is C15H13BrN2O4. The van der Waals surface area contributed by atoms with Gasteiger partial charge < -0.3 is 10.1 Å². The van der Waals surface area contributed by atoms with Gasteiger partial charge in [0.1, 0.15) is 5.75 Å². The first-order valence-electron chi connectivity index (χ1n) is 6.39. The number of nitrogens with one attached hydrogen (secondary N) is 1. The number of amides is 1. The van der Waals surface area contributed by atoms with Gasteiger partial charge in [-0.3, -0.25) is 14.9 Å². The van der Waals surface area contributed by atoms with Gasteiger partial charge in [0.2, 0.25) is 0 Å². The monoisotopic (exact) mass is 364 g/mol. The van der Waals surface area contributed by atoms with Gasteiger partial charge >= 0.3 is 0 Å². The number of ether oxygens (including phenoxy) is 1. The fourth-order valence-electron chi connectivity index (χ4n) is 1.76. The van der Waals surface area contributed by atoms with Crippen LogP contribution >= 0.6 is 15.9 Å². The van der Waals surface area contributed by atoms with Gasteiger partial charge in [0.25, 0.3) is 11.6 Å². The molecule has 0 aliphatic heterocycles. The first kappa shape index (κ1) is 16.0. The molecular weight excluding hydrogens is 352 g/mol. The molecule has 0 radical (unpaired) electrons. The van der Waals surface area contributed by atoms with Gasteiger partial charge in [-0.1, -0.05) is 22.0 Å². The number of aryl methyl sites for hydroxylation is 1. The van der Waals surface area contributed by atoms with E-state index in [-0.39, 0.29) is 24.0 Å². The number of rotatable bonds is 5. The van der Waals surface area contributed by atoms with Crippen molar-refractivity contribution >= 4 is 33.2 Å². The van der Waals surface area contributed by atoms with Gasteiger partial charge in [-0.15, -0.1) is 0 Å². The molecule has 0 aromatic heterocycles. The maximum Gasteiger partial charge on any atom is 0.273 e. The molecule has 0 atom stereocenters. The molecule has 1 N–H and O–H groups in total. The van der Waals surface area contributed by atoms with Crippen molar-refractivity contribution in [3.63, 3.8) is 0 Å². The Morgan fingerprint density at radius 3 is 2.77 bits per heavy atom. The minimum absolute atomic E-state index is 0.0820. The zero-order valence-electron chi connectivity index (χ0n) is 11.7. The number of nitrogens with zero attached hydrogens (tertiary/aromatic N) is 1. The average Bonchev–Trinajstić information content (AvgIpc) is 2.49. The molecule has 0 unspecified atom stereocenters. The number of hydrogen-bond acceptors (Lipinski definition) is 4. The van der Waals surface area contributed by atoms with E-state index < -0.39 is 4.92 Å². The second-order valence-electron chi connectivity index (χ2n) is 4.56. The molecule has 0 saturated carbocycles. The summed E-state index contributed by atoms with van der Waals surface area (Å²) in [5.74, 6) is -0.0652. The summed E-state index contributed by atoms with van der Waals surface area (Å²) in [7, 11) is 0. The van der Waals surface area contributed by atoms with E-state index in [0.29, 0.717) is 5.69 Å². The van der Waals surface area contributed by atoms with Crippen LogP contribution in [-0.4, -0.2) is 17.4 Å². The quantitative estimate of drug-likeness (QED) is 0.647. The Morgan fingerprint density at radius 2 is 2.09 bits per heavy atom. The minimum Gasteiger partial charge on any atom is -0.484 e. The van der Waals surface area contributed by atoms with Crippen LogP contribution in [0.2, 0.25) is 0 Å². The first-order chi connectivity index (χ1) is 10.5. The van der Waals surface area contributed by atoms with E-state index in [9.17, 15) is 14.9 Å². The number of non-ortho nitro benzene ring substituents is 1. The number of hydrogen-bond donors (Lipinski definition) is 1. The van der Waals surface area contributed by atoms with Crippen LogP contribution in [0.1, 0.15) is 5.56 Å². The topological polar surface area (TPSA) is 81.5 Å². The molecule has 6 nitrogen and oxygen atoms in total. The Kier molecular flexibility index (Phi) is 5.11. The van der Waals surface area contributed by atoms with Crippen molar-refractivity contribution in [1.29, 1.82) is 0 Å². The van der Waals surface area contributed by atoms with Crippen molar-refractivity contribution in [2.24, 2.45) is 0 Å². The Bertz CT molecular complexity index is 718. The van der Waals surface area contributed by atoms with Gasteiger partial charge in [-0.2, -0.15) is 0 Å². The summed E-state index contributed by atoms with van der Waals surface area (Å²) in [6.45, 7) is 1.69. The van der Waals surface area contributed by atoms with Crippen LogP contribution < -0.4 is 10.1 Å². The van der Waals surface area contributed by atoms with Crippen LogP contribution in [-0.2, 0) is 4.79 Å². The van der Waals surface area contributed by atoms with Gasteiger partial charge in [-0.05, 0) is 36.8 Å². The summed E-state index contributed by atoms with van der Waals surface area (Å²) in [5.41, 5.74) is 1.58. The third-order valence-corrected chi connectivity index (χ3v) is 3.73. The van der Waals surface area contributed by atoms with Crippen LogP contribution in [0.25, 0.3) is 0 Å². The van der Waals surface area contributed by atoms with E-state index >= 15 is 0 Å². The summed E-state index contributed by atoms with van der Waals surface area (Å²) >= 11 is 3.38. The van der Waals surface area contributed by atoms with Crippen molar-refractivity contribution in [3.8, 4) is 5.75 Å². The Labute approximate surface area is 135 Å². The lowest BCUT2D eigenvalue weighted by atomic mass is 10.2. The van der Waals surface area contributed by atoms with Gasteiger partial charge in [0.15, 0.2) is 6.61 Å². The smallest absolute Gasteiger partial charge is 0.273 e. The van der Waals surface area contributed by atoms with Crippen molar-refractivity contribution in [2.45, 2.75) is 6.92 Å². The maximum atomic E-state index is 11.8. The van der Waals surface area contributed by atoms with Crippen molar-refractivity contribution in [1.82, 2.24) is 0 Å². The molecule has 2 aromatic rings. The molecule has 0 aliphatic rings.